The number of unbranched alkanes of at least 4 members (excludes halogenated alkanes) is 5. The monoisotopic (exact) mass is 403 g/mol. The van der Waals surface area contributed by atoms with Crippen molar-refractivity contribution in [3.8, 4) is 0 Å². The van der Waals surface area contributed by atoms with Crippen LogP contribution in [0.3, 0.4) is 0 Å². The molecule has 2 heterocycles. The largest absolute Gasteiger partial charge is 0.487 e. The second kappa shape index (κ2) is 8.19. The Morgan fingerprint density at radius 2 is 1.69 bits per heavy atom. The van der Waals surface area contributed by atoms with E-state index in [1.807, 2.05) is 0 Å². The molecule has 0 fully saturated rings. The summed E-state index contributed by atoms with van der Waals surface area (Å²) in [4.78, 5) is 19.3. The highest BCUT2D eigenvalue weighted by Crippen LogP contribution is 2.51. The van der Waals surface area contributed by atoms with E-state index < -0.39 is 0 Å². The van der Waals surface area contributed by atoms with Gasteiger partial charge in [0.05, 0.1) is 23.3 Å². The van der Waals surface area contributed by atoms with E-state index in [2.05, 4.69) is 59.6 Å². The van der Waals surface area contributed by atoms with Crippen LogP contribution >= 0.6 is 0 Å². The van der Waals surface area contributed by atoms with E-state index in [1.165, 1.54) is 32.1 Å². The molecule has 1 atom stereocenters. The van der Waals surface area contributed by atoms with Crippen molar-refractivity contribution in [1.29, 1.82) is 0 Å². The molecule has 0 aromatic heterocycles. The SMILES string of the molecule is CCCCCCCCON1C(C)(C)C=C2C3=C(CC(C)(C)CC3=O)OC2C1(C)C. The Hall–Kier alpha value is -1.13. The van der Waals surface area contributed by atoms with Crippen LogP contribution < -0.4 is 0 Å². The molecule has 0 radical (unpaired) electrons. The molecule has 164 valence electrons. The van der Waals surface area contributed by atoms with Crippen molar-refractivity contribution < 1.29 is 14.4 Å². The van der Waals surface area contributed by atoms with Crippen molar-refractivity contribution in [1.82, 2.24) is 5.06 Å². The van der Waals surface area contributed by atoms with Crippen molar-refractivity contribution >= 4 is 5.78 Å². The van der Waals surface area contributed by atoms with Gasteiger partial charge in [-0.1, -0.05) is 59.0 Å². The molecule has 0 N–H and O–H groups in total. The first-order valence-corrected chi connectivity index (χ1v) is 11.6. The molecule has 1 aliphatic carbocycles. The smallest absolute Gasteiger partial charge is 0.167 e. The van der Waals surface area contributed by atoms with Gasteiger partial charge in [0.2, 0.25) is 0 Å². The van der Waals surface area contributed by atoms with Gasteiger partial charge in [0.25, 0.3) is 0 Å². The van der Waals surface area contributed by atoms with Crippen LogP contribution in [0.15, 0.2) is 23.0 Å². The molecule has 29 heavy (non-hydrogen) atoms. The topological polar surface area (TPSA) is 38.8 Å². The Morgan fingerprint density at radius 3 is 2.38 bits per heavy atom. The van der Waals surface area contributed by atoms with E-state index in [9.17, 15) is 4.79 Å². The molecule has 2 aliphatic heterocycles. The Bertz CT molecular complexity index is 699. The lowest BCUT2D eigenvalue weighted by atomic mass is 9.72. The summed E-state index contributed by atoms with van der Waals surface area (Å²) in [6.45, 7) is 16.0. The third-order valence-corrected chi connectivity index (χ3v) is 6.58. The maximum atomic E-state index is 12.9. The van der Waals surface area contributed by atoms with Gasteiger partial charge in [-0.25, -0.2) is 0 Å². The summed E-state index contributed by atoms with van der Waals surface area (Å²) in [5, 5.41) is 2.12. The van der Waals surface area contributed by atoms with E-state index >= 15 is 0 Å². The number of Topliss-reactive ketones (excluding diaryl/α,β-unsaturated/α-hetero) is 1. The molecule has 0 amide bonds. The summed E-state index contributed by atoms with van der Waals surface area (Å²) in [6.07, 6.45) is 11.0. The number of rotatable bonds is 8. The zero-order valence-corrected chi connectivity index (χ0v) is 19.7. The highest BCUT2D eigenvalue weighted by molar-refractivity contribution is 6.02. The van der Waals surface area contributed by atoms with Crippen molar-refractivity contribution in [3.63, 3.8) is 0 Å². The minimum absolute atomic E-state index is 0.0302. The predicted octanol–water partition coefficient (Wildman–Crippen LogP) is 6.12. The van der Waals surface area contributed by atoms with Gasteiger partial charge in [0.1, 0.15) is 11.9 Å². The number of carbonyl (C=O) groups is 1. The highest BCUT2D eigenvalue weighted by atomic mass is 16.7. The molecule has 1 unspecified atom stereocenters. The standard InChI is InChI=1S/C25H41NO3/c1-8-9-10-11-12-13-14-28-26-24(4,5)15-18-21-19(27)16-23(2,3)17-20(21)29-22(18)25(26,6)7/h15,22H,8-14,16-17H2,1-7H3. The summed E-state index contributed by atoms with van der Waals surface area (Å²) in [5.41, 5.74) is 1.26. The number of allylic oxidation sites excluding steroid dienone is 1. The second-order valence-corrected chi connectivity index (χ2v) is 11.0. The zero-order valence-electron chi connectivity index (χ0n) is 19.7. The van der Waals surface area contributed by atoms with Gasteiger partial charge in [-0.15, -0.1) is 0 Å². The average molecular weight is 404 g/mol. The van der Waals surface area contributed by atoms with Gasteiger partial charge < -0.3 is 4.74 Å². The Balaban J connectivity index is 1.72. The minimum Gasteiger partial charge on any atom is -0.487 e. The summed E-state index contributed by atoms with van der Waals surface area (Å²) < 4.78 is 6.45. The molecular weight excluding hydrogens is 362 g/mol. The number of hydrogen-bond acceptors (Lipinski definition) is 4. The van der Waals surface area contributed by atoms with E-state index in [1.54, 1.807) is 0 Å². The first kappa shape index (κ1) is 22.6. The van der Waals surface area contributed by atoms with Gasteiger partial charge >= 0.3 is 0 Å². The Kier molecular flexibility index (Phi) is 6.37. The van der Waals surface area contributed by atoms with E-state index in [0.29, 0.717) is 6.42 Å². The summed E-state index contributed by atoms with van der Waals surface area (Å²) >= 11 is 0. The molecular formula is C25H41NO3. The molecule has 4 heteroatoms. The van der Waals surface area contributed by atoms with Gasteiger partial charge in [0, 0.05) is 18.4 Å². The number of ketones is 1. The fraction of sp³-hybridized carbons (Fsp3) is 0.800. The maximum absolute atomic E-state index is 12.9. The van der Waals surface area contributed by atoms with Crippen molar-refractivity contribution in [2.45, 2.75) is 117 Å². The van der Waals surface area contributed by atoms with Crippen LogP contribution in [0.4, 0.5) is 0 Å². The van der Waals surface area contributed by atoms with Crippen LogP contribution in [0.1, 0.15) is 99.8 Å². The van der Waals surface area contributed by atoms with Gasteiger partial charge in [-0.3, -0.25) is 9.63 Å². The van der Waals surface area contributed by atoms with Gasteiger partial charge in [-0.05, 0) is 39.5 Å². The van der Waals surface area contributed by atoms with Crippen molar-refractivity contribution in [2.75, 3.05) is 6.61 Å². The molecule has 3 rings (SSSR count). The number of nitrogens with zero attached hydrogens (tertiary/aromatic N) is 1. The molecule has 0 saturated carbocycles. The number of fused-ring (bicyclic) bond motifs is 2. The molecule has 4 nitrogen and oxygen atoms in total. The van der Waals surface area contributed by atoms with Crippen molar-refractivity contribution in [3.05, 3.63) is 23.0 Å². The summed E-state index contributed by atoms with van der Waals surface area (Å²) in [7, 11) is 0. The van der Waals surface area contributed by atoms with Crippen LogP contribution in [-0.2, 0) is 14.4 Å². The molecule has 0 saturated heterocycles. The normalized spacial score (nSPS) is 27.3. The molecule has 0 aromatic carbocycles. The lowest BCUT2D eigenvalue weighted by molar-refractivity contribution is -0.275. The number of ether oxygens (including phenoxy) is 1. The second-order valence-electron chi connectivity index (χ2n) is 11.0. The zero-order chi connectivity index (χ0) is 21.4. The lowest BCUT2D eigenvalue weighted by Gasteiger charge is -2.52. The number of hydroxylamine groups is 2. The Labute approximate surface area is 177 Å². The molecule has 0 bridgehead atoms. The minimum atomic E-state index is -0.350. The van der Waals surface area contributed by atoms with Gasteiger partial charge in [-0.2, -0.15) is 5.06 Å². The summed E-state index contributed by atoms with van der Waals surface area (Å²) in [6, 6.07) is 0. The summed E-state index contributed by atoms with van der Waals surface area (Å²) in [5.74, 6) is 1.13. The predicted molar refractivity (Wildman–Crippen MR) is 117 cm³/mol. The fourth-order valence-electron chi connectivity index (χ4n) is 5.36. The van der Waals surface area contributed by atoms with E-state index in [0.717, 1.165) is 36.4 Å². The van der Waals surface area contributed by atoms with Crippen LogP contribution in [0.2, 0.25) is 0 Å². The first-order valence-electron chi connectivity index (χ1n) is 11.6. The van der Waals surface area contributed by atoms with Crippen molar-refractivity contribution in [2.24, 2.45) is 5.41 Å². The fourth-order valence-corrected chi connectivity index (χ4v) is 5.36. The maximum Gasteiger partial charge on any atom is 0.167 e. The van der Waals surface area contributed by atoms with Gasteiger partial charge in [0.15, 0.2) is 5.78 Å². The van der Waals surface area contributed by atoms with Crippen LogP contribution in [0.5, 0.6) is 0 Å². The molecule has 0 aromatic rings. The van der Waals surface area contributed by atoms with Crippen LogP contribution in [-0.4, -0.2) is 34.6 Å². The third kappa shape index (κ3) is 4.49. The van der Waals surface area contributed by atoms with Crippen LogP contribution in [0.25, 0.3) is 0 Å². The molecule has 3 aliphatic rings. The first-order chi connectivity index (χ1) is 13.5. The third-order valence-electron chi connectivity index (χ3n) is 6.58. The highest BCUT2D eigenvalue weighted by Gasteiger charge is 2.56. The number of hydrogen-bond donors (Lipinski definition) is 0. The van der Waals surface area contributed by atoms with E-state index in [4.69, 9.17) is 9.57 Å². The quantitative estimate of drug-likeness (QED) is 0.458. The van der Waals surface area contributed by atoms with E-state index in [-0.39, 0.29) is 28.4 Å². The average Bonchev–Trinajstić information content (AvgIpc) is 2.93. The lowest BCUT2D eigenvalue weighted by Crippen LogP contribution is -2.63. The Morgan fingerprint density at radius 1 is 1.03 bits per heavy atom. The molecule has 0 spiro atoms. The number of carbonyl (C=O) groups excluding carboxylic acids is 1. The van der Waals surface area contributed by atoms with Crippen LogP contribution in [0, 0.1) is 5.41 Å².